The molecule has 0 amide bonds. The number of pyridine rings is 1. The summed E-state index contributed by atoms with van der Waals surface area (Å²) in [5, 5.41) is 22.1. The number of rotatable bonds is 7. The highest BCUT2D eigenvalue weighted by Gasteiger charge is 2.26. The number of ether oxygens (including phenoxy) is 2. The van der Waals surface area contributed by atoms with Crippen LogP contribution in [0.3, 0.4) is 0 Å². The molecule has 1 N–H and O–H groups in total. The Morgan fingerprint density at radius 3 is 2.66 bits per heavy atom. The summed E-state index contributed by atoms with van der Waals surface area (Å²) in [6.45, 7) is 2.90. The molecule has 0 bridgehead atoms. The summed E-state index contributed by atoms with van der Waals surface area (Å²) in [6, 6.07) is 3.00. The van der Waals surface area contributed by atoms with Crippen molar-refractivity contribution >= 4 is 58.7 Å². The standard InChI is InChI=1S/C18H22ClN3O5.2ClH/c1-26-9-2-10-27-12-4-7-21(8-5-12)14-3-6-20-17-16(14)13(19)11-15(18(17)23)22(24)25;;/h3,6,11-12,23H,2,4-5,7-10H2,1H3;2*1H. The third kappa shape index (κ3) is 5.73. The van der Waals surface area contributed by atoms with E-state index in [0.29, 0.717) is 18.6 Å². The molecular weight excluding hydrogens is 445 g/mol. The lowest BCUT2D eigenvalue weighted by atomic mass is 10.0. The van der Waals surface area contributed by atoms with E-state index < -0.39 is 16.4 Å². The summed E-state index contributed by atoms with van der Waals surface area (Å²) in [7, 11) is 1.68. The number of hydrogen-bond acceptors (Lipinski definition) is 7. The molecule has 1 aliphatic rings. The Bertz CT molecular complexity index is 832. The van der Waals surface area contributed by atoms with Crippen molar-refractivity contribution in [1.29, 1.82) is 0 Å². The SMILES string of the molecule is COCCCOC1CCN(c2ccnc3c(O)c([N+](=O)[O-])cc(Cl)c23)CC1.Cl.Cl. The molecule has 0 atom stereocenters. The van der Waals surface area contributed by atoms with Gasteiger partial charge in [0.25, 0.3) is 0 Å². The number of phenolic OH excluding ortho intramolecular Hbond substituents is 1. The third-order valence-corrected chi connectivity index (χ3v) is 5.02. The van der Waals surface area contributed by atoms with Crippen LogP contribution in [0.15, 0.2) is 18.3 Å². The number of anilines is 1. The number of piperidine rings is 1. The molecule has 8 nitrogen and oxygen atoms in total. The Labute approximate surface area is 186 Å². The Hall–Kier alpha value is -1.58. The molecule has 0 unspecified atom stereocenters. The molecule has 0 spiro atoms. The molecule has 2 aromatic rings. The van der Waals surface area contributed by atoms with Crippen LogP contribution in [0.5, 0.6) is 5.75 Å². The Morgan fingerprint density at radius 2 is 2.03 bits per heavy atom. The summed E-state index contributed by atoms with van der Waals surface area (Å²) in [6.07, 6.45) is 4.35. The van der Waals surface area contributed by atoms with Gasteiger partial charge in [-0.3, -0.25) is 15.1 Å². The second-order valence-corrected chi connectivity index (χ2v) is 6.85. The van der Waals surface area contributed by atoms with E-state index in [1.54, 1.807) is 7.11 Å². The molecule has 29 heavy (non-hydrogen) atoms. The molecule has 162 valence electrons. The van der Waals surface area contributed by atoms with Gasteiger partial charge in [-0.05, 0) is 25.3 Å². The van der Waals surface area contributed by atoms with Crippen molar-refractivity contribution in [1.82, 2.24) is 4.98 Å². The van der Waals surface area contributed by atoms with Gasteiger partial charge in [0.2, 0.25) is 5.75 Å². The van der Waals surface area contributed by atoms with Gasteiger partial charge in [-0.2, -0.15) is 0 Å². The number of aromatic hydroxyl groups is 1. The van der Waals surface area contributed by atoms with Crippen molar-refractivity contribution in [3.05, 3.63) is 33.5 Å². The highest BCUT2D eigenvalue weighted by atomic mass is 35.5. The minimum absolute atomic E-state index is 0. The maximum Gasteiger partial charge on any atom is 0.314 e. The van der Waals surface area contributed by atoms with E-state index >= 15 is 0 Å². The molecule has 1 fully saturated rings. The normalized spacial score (nSPS) is 14.3. The first-order valence-corrected chi connectivity index (χ1v) is 9.20. The molecule has 1 aromatic carbocycles. The zero-order valence-corrected chi connectivity index (χ0v) is 18.3. The predicted octanol–water partition coefficient (Wildman–Crippen LogP) is 4.37. The average Bonchev–Trinajstić information content (AvgIpc) is 2.68. The van der Waals surface area contributed by atoms with Gasteiger partial charge in [0.05, 0.1) is 16.0 Å². The monoisotopic (exact) mass is 467 g/mol. The van der Waals surface area contributed by atoms with Gasteiger partial charge in [0.1, 0.15) is 5.52 Å². The summed E-state index contributed by atoms with van der Waals surface area (Å²) < 4.78 is 10.9. The number of benzene rings is 1. The Balaban J connectivity index is 0.00000210. The van der Waals surface area contributed by atoms with Crippen LogP contribution in [0.2, 0.25) is 5.02 Å². The van der Waals surface area contributed by atoms with Crippen molar-refractivity contribution in [2.45, 2.75) is 25.4 Å². The van der Waals surface area contributed by atoms with E-state index in [9.17, 15) is 15.2 Å². The number of methoxy groups -OCH3 is 1. The fourth-order valence-electron chi connectivity index (χ4n) is 3.37. The summed E-state index contributed by atoms with van der Waals surface area (Å²) in [5.74, 6) is -0.461. The number of aromatic nitrogens is 1. The summed E-state index contributed by atoms with van der Waals surface area (Å²) >= 11 is 6.31. The second kappa shape index (κ2) is 11.6. The van der Waals surface area contributed by atoms with Gasteiger partial charge in [-0.25, -0.2) is 0 Å². The molecule has 1 aliphatic heterocycles. The van der Waals surface area contributed by atoms with Crippen LogP contribution in [0.4, 0.5) is 11.4 Å². The number of hydrogen-bond donors (Lipinski definition) is 1. The van der Waals surface area contributed by atoms with E-state index in [0.717, 1.165) is 38.0 Å². The van der Waals surface area contributed by atoms with Crippen LogP contribution in [0.1, 0.15) is 19.3 Å². The van der Waals surface area contributed by atoms with Crippen LogP contribution in [0, 0.1) is 10.1 Å². The lowest BCUT2D eigenvalue weighted by Gasteiger charge is -2.34. The molecule has 0 saturated carbocycles. The number of nitro groups is 1. The fraction of sp³-hybridized carbons (Fsp3) is 0.500. The lowest BCUT2D eigenvalue weighted by Crippen LogP contribution is -2.37. The van der Waals surface area contributed by atoms with E-state index in [4.69, 9.17) is 21.1 Å². The second-order valence-electron chi connectivity index (χ2n) is 6.44. The summed E-state index contributed by atoms with van der Waals surface area (Å²) in [5.41, 5.74) is 0.512. The number of nitrogens with zero attached hydrogens (tertiary/aromatic N) is 3. The van der Waals surface area contributed by atoms with Crippen LogP contribution in [0.25, 0.3) is 10.9 Å². The average molecular weight is 469 g/mol. The molecule has 2 heterocycles. The maximum atomic E-state index is 11.1. The predicted molar refractivity (Wildman–Crippen MR) is 117 cm³/mol. The number of fused-ring (bicyclic) bond motifs is 1. The largest absolute Gasteiger partial charge is 0.501 e. The van der Waals surface area contributed by atoms with Gasteiger partial charge in [-0.15, -0.1) is 24.8 Å². The van der Waals surface area contributed by atoms with Crippen molar-refractivity contribution in [2.24, 2.45) is 0 Å². The lowest BCUT2D eigenvalue weighted by molar-refractivity contribution is -0.385. The fourth-order valence-corrected chi connectivity index (χ4v) is 3.66. The number of halogens is 3. The van der Waals surface area contributed by atoms with E-state index in [2.05, 4.69) is 9.88 Å². The molecule has 1 aromatic heterocycles. The first-order valence-electron chi connectivity index (χ1n) is 8.83. The molecule has 11 heteroatoms. The van der Waals surface area contributed by atoms with E-state index in [-0.39, 0.29) is 41.5 Å². The molecule has 0 aliphatic carbocycles. The van der Waals surface area contributed by atoms with Crippen molar-refractivity contribution in [3.63, 3.8) is 0 Å². The van der Waals surface area contributed by atoms with Gasteiger partial charge < -0.3 is 19.5 Å². The first kappa shape index (κ1) is 25.5. The van der Waals surface area contributed by atoms with Crippen molar-refractivity contribution in [2.75, 3.05) is 38.3 Å². The Morgan fingerprint density at radius 1 is 1.34 bits per heavy atom. The minimum atomic E-state index is -0.665. The highest BCUT2D eigenvalue weighted by Crippen LogP contribution is 2.42. The van der Waals surface area contributed by atoms with Gasteiger partial charge in [0.15, 0.2) is 0 Å². The topological polar surface area (TPSA) is 98.0 Å². The van der Waals surface area contributed by atoms with Crippen molar-refractivity contribution < 1.29 is 19.5 Å². The van der Waals surface area contributed by atoms with Crippen LogP contribution in [-0.2, 0) is 9.47 Å². The molecule has 3 rings (SSSR count). The van der Waals surface area contributed by atoms with Crippen LogP contribution < -0.4 is 4.90 Å². The smallest absolute Gasteiger partial charge is 0.314 e. The van der Waals surface area contributed by atoms with Gasteiger partial charge >= 0.3 is 5.69 Å². The zero-order chi connectivity index (χ0) is 19.4. The quantitative estimate of drug-likeness (QED) is 0.366. The number of phenols is 1. The van der Waals surface area contributed by atoms with Gasteiger partial charge in [0, 0.05) is 56.7 Å². The molecule has 0 radical (unpaired) electrons. The van der Waals surface area contributed by atoms with E-state index in [1.165, 1.54) is 12.3 Å². The number of nitro benzene ring substituents is 1. The van der Waals surface area contributed by atoms with Crippen molar-refractivity contribution in [3.8, 4) is 5.75 Å². The highest BCUT2D eigenvalue weighted by molar-refractivity contribution is 6.37. The molecule has 1 saturated heterocycles. The zero-order valence-electron chi connectivity index (χ0n) is 15.9. The third-order valence-electron chi connectivity index (χ3n) is 4.72. The van der Waals surface area contributed by atoms with Gasteiger partial charge in [-0.1, -0.05) is 11.6 Å². The first-order chi connectivity index (χ1) is 13.0. The molecular formula is C18H24Cl3N3O5. The van der Waals surface area contributed by atoms with E-state index in [1.807, 2.05) is 6.07 Å². The van der Waals surface area contributed by atoms with Crippen LogP contribution >= 0.6 is 36.4 Å². The van der Waals surface area contributed by atoms with Crippen LogP contribution in [-0.4, -0.2) is 54.5 Å². The minimum Gasteiger partial charge on any atom is -0.501 e. The summed E-state index contributed by atoms with van der Waals surface area (Å²) in [4.78, 5) is 16.7. The maximum absolute atomic E-state index is 11.1. The Kier molecular flexibility index (Phi) is 10.2.